The molecule has 118 valence electrons. The number of dihydropyridines is 1. The molecule has 0 aliphatic carbocycles. The number of aliphatic hydroxyl groups is 1. The molecule has 2 N–H and O–H groups in total. The van der Waals surface area contributed by atoms with E-state index in [1.807, 2.05) is 13.1 Å². The van der Waals surface area contributed by atoms with Gasteiger partial charge in [0, 0.05) is 12.2 Å². The summed E-state index contributed by atoms with van der Waals surface area (Å²) in [5, 5.41) is 13.2. The summed E-state index contributed by atoms with van der Waals surface area (Å²) in [6.45, 7) is 8.45. The zero-order valence-electron chi connectivity index (χ0n) is 13.8. The van der Waals surface area contributed by atoms with Crippen LogP contribution < -0.4 is 5.32 Å². The van der Waals surface area contributed by atoms with Crippen molar-refractivity contribution in [3.05, 3.63) is 53.2 Å². The summed E-state index contributed by atoms with van der Waals surface area (Å²) in [5.41, 5.74) is 3.67. The van der Waals surface area contributed by atoms with Gasteiger partial charge in [0.15, 0.2) is 5.72 Å². The molecule has 3 rings (SSSR count). The van der Waals surface area contributed by atoms with Gasteiger partial charge in [0.2, 0.25) is 0 Å². The normalized spacial score (nSPS) is 27.1. The largest absolute Gasteiger partial charge is 0.367 e. The monoisotopic (exact) mass is 298 g/mol. The lowest BCUT2D eigenvalue weighted by molar-refractivity contribution is 0.0756. The maximum absolute atomic E-state index is 10.1. The fraction of sp³-hybridized carbons (Fsp3) is 0.474. The molecule has 0 bridgehead atoms. The first kappa shape index (κ1) is 15.3. The zero-order chi connectivity index (χ0) is 15.7. The molecule has 2 aliphatic rings. The van der Waals surface area contributed by atoms with Crippen LogP contribution in [0.2, 0.25) is 0 Å². The van der Waals surface area contributed by atoms with Crippen LogP contribution in [-0.2, 0) is 0 Å². The average Bonchev–Trinajstić information content (AvgIpc) is 3.04. The van der Waals surface area contributed by atoms with Crippen LogP contribution in [0.4, 0.5) is 0 Å². The molecular formula is C19H26N2O. The molecule has 0 saturated carbocycles. The molecule has 2 aliphatic heterocycles. The van der Waals surface area contributed by atoms with Crippen LogP contribution in [0.15, 0.2) is 42.1 Å². The Kier molecular flexibility index (Phi) is 4.11. The van der Waals surface area contributed by atoms with Crippen molar-refractivity contribution in [2.24, 2.45) is 0 Å². The number of likely N-dealkylation sites (tertiary alicyclic amines) is 1. The van der Waals surface area contributed by atoms with Crippen molar-refractivity contribution < 1.29 is 5.11 Å². The zero-order valence-corrected chi connectivity index (χ0v) is 13.8. The van der Waals surface area contributed by atoms with Gasteiger partial charge in [-0.15, -0.1) is 0 Å². The molecule has 2 atom stereocenters. The molecule has 2 unspecified atom stereocenters. The first-order valence-corrected chi connectivity index (χ1v) is 8.21. The van der Waals surface area contributed by atoms with Crippen molar-refractivity contribution in [3.63, 3.8) is 0 Å². The van der Waals surface area contributed by atoms with Gasteiger partial charge in [0.1, 0.15) is 0 Å². The van der Waals surface area contributed by atoms with Crippen LogP contribution >= 0.6 is 0 Å². The molecule has 0 amide bonds. The predicted octanol–water partition coefficient (Wildman–Crippen LogP) is 3.44. The lowest BCUT2D eigenvalue weighted by Crippen LogP contribution is -2.41. The minimum absolute atomic E-state index is 0.494. The highest BCUT2D eigenvalue weighted by molar-refractivity contribution is 5.76. The van der Waals surface area contributed by atoms with Gasteiger partial charge in [-0.3, -0.25) is 4.90 Å². The third-order valence-corrected chi connectivity index (χ3v) is 5.06. The van der Waals surface area contributed by atoms with E-state index in [9.17, 15) is 5.11 Å². The summed E-state index contributed by atoms with van der Waals surface area (Å²) < 4.78 is 0. The number of nitrogens with zero attached hydrogens (tertiary/aromatic N) is 1. The van der Waals surface area contributed by atoms with E-state index in [1.165, 1.54) is 37.1 Å². The molecule has 2 heterocycles. The Labute approximate surface area is 133 Å². The molecule has 1 aromatic carbocycles. The van der Waals surface area contributed by atoms with E-state index in [0.717, 1.165) is 11.1 Å². The topological polar surface area (TPSA) is 35.5 Å². The van der Waals surface area contributed by atoms with Gasteiger partial charge in [-0.1, -0.05) is 24.3 Å². The highest BCUT2D eigenvalue weighted by Gasteiger charge is 2.24. The van der Waals surface area contributed by atoms with Crippen LogP contribution in [0, 0.1) is 0 Å². The first-order valence-electron chi connectivity index (χ1n) is 8.21. The molecule has 22 heavy (non-hydrogen) atoms. The highest BCUT2D eigenvalue weighted by atomic mass is 16.3. The third kappa shape index (κ3) is 2.96. The SMILES string of the molecule is CC1=CC(c2ccc(C(C)N3CCCC3)cc2)=CNC1(C)O. The Morgan fingerprint density at radius 1 is 1.18 bits per heavy atom. The van der Waals surface area contributed by atoms with E-state index in [0.29, 0.717) is 6.04 Å². The van der Waals surface area contributed by atoms with Crippen LogP contribution in [0.5, 0.6) is 0 Å². The molecule has 3 heteroatoms. The number of rotatable bonds is 3. The molecule has 1 fully saturated rings. The van der Waals surface area contributed by atoms with E-state index < -0.39 is 5.72 Å². The Balaban J connectivity index is 1.76. The number of hydrogen-bond acceptors (Lipinski definition) is 3. The standard InChI is InChI=1S/C19H26N2O/c1-14-12-18(13-20-19(14,3)22)17-8-6-16(7-9-17)15(2)21-10-4-5-11-21/h6-9,12-13,15,20,22H,4-5,10-11H2,1-3H3. The Morgan fingerprint density at radius 2 is 1.82 bits per heavy atom. The van der Waals surface area contributed by atoms with Gasteiger partial charge in [-0.25, -0.2) is 0 Å². The number of nitrogens with one attached hydrogen (secondary N) is 1. The summed E-state index contributed by atoms with van der Waals surface area (Å²) >= 11 is 0. The summed E-state index contributed by atoms with van der Waals surface area (Å²) in [5.74, 6) is 0. The van der Waals surface area contributed by atoms with Gasteiger partial charge in [0.05, 0.1) is 0 Å². The van der Waals surface area contributed by atoms with E-state index in [-0.39, 0.29) is 0 Å². The Hall–Kier alpha value is -1.58. The number of benzene rings is 1. The molecular weight excluding hydrogens is 272 g/mol. The highest BCUT2D eigenvalue weighted by Crippen LogP contribution is 2.28. The quantitative estimate of drug-likeness (QED) is 0.897. The van der Waals surface area contributed by atoms with Crippen LogP contribution in [0.3, 0.4) is 0 Å². The maximum Gasteiger partial charge on any atom is 0.154 e. The second kappa shape index (κ2) is 5.90. The number of allylic oxidation sites excluding steroid dienone is 2. The van der Waals surface area contributed by atoms with Gasteiger partial charge >= 0.3 is 0 Å². The van der Waals surface area contributed by atoms with Crippen molar-refractivity contribution in [2.45, 2.75) is 45.4 Å². The van der Waals surface area contributed by atoms with E-state index in [2.05, 4.69) is 47.5 Å². The Bertz CT molecular complexity index is 592. The van der Waals surface area contributed by atoms with Crippen molar-refractivity contribution >= 4 is 5.57 Å². The summed E-state index contributed by atoms with van der Waals surface area (Å²) in [4.78, 5) is 2.55. The van der Waals surface area contributed by atoms with E-state index >= 15 is 0 Å². The van der Waals surface area contributed by atoms with Crippen LogP contribution in [0.25, 0.3) is 5.57 Å². The first-order chi connectivity index (χ1) is 10.5. The maximum atomic E-state index is 10.1. The third-order valence-electron chi connectivity index (χ3n) is 5.06. The lowest BCUT2D eigenvalue weighted by atomic mass is 9.95. The number of hydrogen-bond donors (Lipinski definition) is 2. The van der Waals surface area contributed by atoms with Gasteiger partial charge in [-0.2, -0.15) is 0 Å². The molecule has 0 aromatic heterocycles. The lowest BCUT2D eigenvalue weighted by Gasteiger charge is -2.29. The second-order valence-corrected chi connectivity index (χ2v) is 6.68. The van der Waals surface area contributed by atoms with E-state index in [1.54, 1.807) is 6.92 Å². The van der Waals surface area contributed by atoms with Crippen molar-refractivity contribution in [2.75, 3.05) is 13.1 Å². The average molecular weight is 298 g/mol. The summed E-state index contributed by atoms with van der Waals surface area (Å²) in [7, 11) is 0. The minimum atomic E-state index is -0.937. The van der Waals surface area contributed by atoms with Gasteiger partial charge in [-0.05, 0) is 75.1 Å². The summed E-state index contributed by atoms with van der Waals surface area (Å²) in [6.07, 6.45) is 6.59. The Morgan fingerprint density at radius 3 is 2.41 bits per heavy atom. The van der Waals surface area contributed by atoms with E-state index in [4.69, 9.17) is 0 Å². The molecule has 0 spiro atoms. The van der Waals surface area contributed by atoms with Gasteiger partial charge < -0.3 is 10.4 Å². The fourth-order valence-corrected chi connectivity index (χ4v) is 3.21. The summed E-state index contributed by atoms with van der Waals surface area (Å²) in [6, 6.07) is 9.32. The molecule has 1 saturated heterocycles. The van der Waals surface area contributed by atoms with Crippen LogP contribution in [-0.4, -0.2) is 28.8 Å². The predicted molar refractivity (Wildman–Crippen MR) is 91.2 cm³/mol. The molecule has 0 radical (unpaired) electrons. The molecule has 1 aromatic rings. The fourth-order valence-electron chi connectivity index (χ4n) is 3.21. The minimum Gasteiger partial charge on any atom is -0.367 e. The molecule has 3 nitrogen and oxygen atoms in total. The van der Waals surface area contributed by atoms with Crippen molar-refractivity contribution in [1.82, 2.24) is 10.2 Å². The van der Waals surface area contributed by atoms with Crippen LogP contribution in [0.1, 0.15) is 50.8 Å². The van der Waals surface area contributed by atoms with Crippen molar-refractivity contribution in [1.29, 1.82) is 0 Å². The van der Waals surface area contributed by atoms with Crippen molar-refractivity contribution in [3.8, 4) is 0 Å². The smallest absolute Gasteiger partial charge is 0.154 e. The van der Waals surface area contributed by atoms with Gasteiger partial charge in [0.25, 0.3) is 0 Å². The second-order valence-electron chi connectivity index (χ2n) is 6.68.